The van der Waals surface area contributed by atoms with Crippen LogP contribution in [-0.4, -0.2) is 5.11 Å². The molecule has 0 fully saturated rings. The second kappa shape index (κ2) is 3.43. The standard InChI is InChI=1S/C9H8INOS/c10-8-6-1-2-13-9(6)5(4-12)3-7(8)11/h1-3,12H,4,11H2. The Kier molecular flexibility index (Phi) is 2.44. The molecule has 2 aromatic rings. The predicted octanol–water partition coefficient (Wildman–Crippen LogP) is 2.58. The van der Waals surface area contributed by atoms with Crippen molar-refractivity contribution >= 4 is 49.7 Å². The zero-order chi connectivity index (χ0) is 9.42. The zero-order valence-electron chi connectivity index (χ0n) is 6.75. The van der Waals surface area contributed by atoms with Gasteiger partial charge >= 0.3 is 0 Å². The number of anilines is 1. The van der Waals surface area contributed by atoms with E-state index in [1.165, 1.54) is 0 Å². The number of fused-ring (bicyclic) bond motifs is 1. The van der Waals surface area contributed by atoms with E-state index in [0.717, 1.165) is 24.9 Å². The summed E-state index contributed by atoms with van der Waals surface area (Å²) in [5, 5.41) is 12.3. The third-order valence-corrected chi connectivity index (χ3v) is 4.14. The van der Waals surface area contributed by atoms with Gasteiger partial charge in [0.15, 0.2) is 0 Å². The van der Waals surface area contributed by atoms with E-state index in [2.05, 4.69) is 22.6 Å². The van der Waals surface area contributed by atoms with Crippen LogP contribution in [-0.2, 0) is 6.61 Å². The fourth-order valence-electron chi connectivity index (χ4n) is 1.32. The molecule has 2 nitrogen and oxygen atoms in total. The van der Waals surface area contributed by atoms with Gasteiger partial charge in [-0.25, -0.2) is 0 Å². The first-order chi connectivity index (χ1) is 6.24. The molecule has 0 amide bonds. The lowest BCUT2D eigenvalue weighted by Crippen LogP contribution is -1.93. The van der Waals surface area contributed by atoms with E-state index in [1.807, 2.05) is 17.5 Å². The molecule has 1 heterocycles. The van der Waals surface area contributed by atoms with Gasteiger partial charge in [-0.05, 0) is 45.7 Å². The van der Waals surface area contributed by atoms with Gasteiger partial charge in [0.25, 0.3) is 0 Å². The number of nitrogens with two attached hydrogens (primary N) is 1. The van der Waals surface area contributed by atoms with Crippen LogP contribution in [0.25, 0.3) is 10.1 Å². The van der Waals surface area contributed by atoms with E-state index >= 15 is 0 Å². The molecule has 3 N–H and O–H groups in total. The minimum Gasteiger partial charge on any atom is -0.398 e. The number of aliphatic hydroxyl groups is 1. The third kappa shape index (κ3) is 1.43. The van der Waals surface area contributed by atoms with E-state index < -0.39 is 0 Å². The molecule has 4 heteroatoms. The monoisotopic (exact) mass is 305 g/mol. The summed E-state index contributed by atoms with van der Waals surface area (Å²) in [5.74, 6) is 0. The lowest BCUT2D eigenvalue weighted by atomic mass is 10.1. The highest BCUT2D eigenvalue weighted by Gasteiger charge is 2.08. The van der Waals surface area contributed by atoms with E-state index in [0.29, 0.717) is 0 Å². The molecular formula is C9H8INOS. The highest BCUT2D eigenvalue weighted by atomic mass is 127. The van der Waals surface area contributed by atoms with Crippen molar-refractivity contribution in [2.45, 2.75) is 6.61 Å². The molecule has 0 atom stereocenters. The van der Waals surface area contributed by atoms with Crippen LogP contribution < -0.4 is 5.73 Å². The Morgan fingerprint density at radius 2 is 2.31 bits per heavy atom. The highest BCUT2D eigenvalue weighted by Crippen LogP contribution is 2.32. The van der Waals surface area contributed by atoms with E-state index in [1.54, 1.807) is 11.3 Å². The number of halogens is 1. The van der Waals surface area contributed by atoms with Crippen molar-refractivity contribution in [3.63, 3.8) is 0 Å². The number of thiophene rings is 1. The van der Waals surface area contributed by atoms with Gasteiger partial charge in [0.1, 0.15) is 0 Å². The summed E-state index contributed by atoms with van der Waals surface area (Å²) in [4.78, 5) is 0. The number of hydrogen-bond donors (Lipinski definition) is 2. The van der Waals surface area contributed by atoms with Crippen LogP contribution in [0.4, 0.5) is 5.69 Å². The quantitative estimate of drug-likeness (QED) is 0.628. The maximum Gasteiger partial charge on any atom is 0.0696 e. The largest absolute Gasteiger partial charge is 0.398 e. The minimum absolute atomic E-state index is 0.0537. The molecule has 0 saturated carbocycles. The third-order valence-electron chi connectivity index (χ3n) is 1.95. The number of aliphatic hydroxyl groups excluding tert-OH is 1. The van der Waals surface area contributed by atoms with Crippen molar-refractivity contribution in [2.24, 2.45) is 0 Å². The van der Waals surface area contributed by atoms with Crippen molar-refractivity contribution < 1.29 is 5.11 Å². The molecule has 0 spiro atoms. The van der Waals surface area contributed by atoms with Crippen LogP contribution in [0.2, 0.25) is 0 Å². The fourth-order valence-corrected chi connectivity index (χ4v) is 3.02. The first kappa shape index (κ1) is 9.23. The average Bonchev–Trinajstić information content (AvgIpc) is 2.60. The molecule has 0 aliphatic rings. The second-order valence-electron chi connectivity index (χ2n) is 2.76. The van der Waals surface area contributed by atoms with Crippen molar-refractivity contribution in [2.75, 3.05) is 5.73 Å². The molecule has 0 aliphatic carbocycles. The molecule has 68 valence electrons. The van der Waals surface area contributed by atoms with Crippen molar-refractivity contribution in [1.29, 1.82) is 0 Å². The Balaban J connectivity index is 2.87. The van der Waals surface area contributed by atoms with Crippen LogP contribution in [0.1, 0.15) is 5.56 Å². The van der Waals surface area contributed by atoms with Gasteiger partial charge in [-0.1, -0.05) is 0 Å². The number of nitrogen functional groups attached to an aromatic ring is 1. The summed E-state index contributed by atoms with van der Waals surface area (Å²) >= 11 is 3.87. The Labute approximate surface area is 93.5 Å². The Morgan fingerprint density at radius 3 is 3.00 bits per heavy atom. The first-order valence-corrected chi connectivity index (χ1v) is 5.75. The van der Waals surface area contributed by atoms with Crippen LogP contribution in [0, 0.1) is 3.57 Å². The van der Waals surface area contributed by atoms with E-state index in [4.69, 9.17) is 10.8 Å². The van der Waals surface area contributed by atoms with Gasteiger partial charge in [0, 0.05) is 19.3 Å². The molecule has 2 rings (SSSR count). The smallest absolute Gasteiger partial charge is 0.0696 e. The molecule has 13 heavy (non-hydrogen) atoms. The van der Waals surface area contributed by atoms with Crippen LogP contribution >= 0.6 is 33.9 Å². The zero-order valence-corrected chi connectivity index (χ0v) is 9.72. The van der Waals surface area contributed by atoms with E-state index in [9.17, 15) is 0 Å². The van der Waals surface area contributed by atoms with Gasteiger partial charge in [0.05, 0.1) is 6.61 Å². The van der Waals surface area contributed by atoms with Gasteiger partial charge in [0.2, 0.25) is 0 Å². The molecule has 0 radical (unpaired) electrons. The Hall–Kier alpha value is -0.330. The Morgan fingerprint density at radius 1 is 1.54 bits per heavy atom. The molecule has 1 aromatic carbocycles. The van der Waals surface area contributed by atoms with Gasteiger partial charge in [-0.3, -0.25) is 0 Å². The summed E-state index contributed by atoms with van der Waals surface area (Å²) in [7, 11) is 0. The summed E-state index contributed by atoms with van der Waals surface area (Å²) in [6.07, 6.45) is 0. The lowest BCUT2D eigenvalue weighted by Gasteiger charge is -2.04. The SMILES string of the molecule is Nc1cc(CO)c2sccc2c1I. The maximum absolute atomic E-state index is 9.12. The topological polar surface area (TPSA) is 46.2 Å². The molecular weight excluding hydrogens is 297 g/mol. The summed E-state index contributed by atoms with van der Waals surface area (Å²) in [6, 6.07) is 3.89. The molecule has 0 bridgehead atoms. The van der Waals surface area contributed by atoms with Crippen LogP contribution in [0.3, 0.4) is 0 Å². The maximum atomic E-state index is 9.12. The molecule has 0 aliphatic heterocycles. The predicted molar refractivity (Wildman–Crippen MR) is 64.9 cm³/mol. The van der Waals surface area contributed by atoms with Crippen molar-refractivity contribution in [3.05, 3.63) is 26.6 Å². The number of rotatable bonds is 1. The number of hydrogen-bond acceptors (Lipinski definition) is 3. The van der Waals surface area contributed by atoms with Crippen molar-refractivity contribution in [1.82, 2.24) is 0 Å². The lowest BCUT2D eigenvalue weighted by molar-refractivity contribution is 0.283. The van der Waals surface area contributed by atoms with E-state index in [-0.39, 0.29) is 6.61 Å². The molecule has 0 unspecified atom stereocenters. The van der Waals surface area contributed by atoms with Gasteiger partial charge < -0.3 is 10.8 Å². The minimum atomic E-state index is 0.0537. The molecule has 1 aromatic heterocycles. The normalized spacial score (nSPS) is 10.9. The van der Waals surface area contributed by atoms with Crippen molar-refractivity contribution in [3.8, 4) is 0 Å². The van der Waals surface area contributed by atoms with Crippen LogP contribution in [0.15, 0.2) is 17.5 Å². The average molecular weight is 305 g/mol. The summed E-state index contributed by atoms with van der Waals surface area (Å²) in [6.45, 7) is 0.0537. The fraction of sp³-hybridized carbons (Fsp3) is 0.111. The van der Waals surface area contributed by atoms with Gasteiger partial charge in [-0.2, -0.15) is 0 Å². The first-order valence-electron chi connectivity index (χ1n) is 3.79. The summed E-state index contributed by atoms with van der Waals surface area (Å²) in [5.41, 5.74) is 7.47. The van der Waals surface area contributed by atoms with Gasteiger partial charge in [-0.15, -0.1) is 11.3 Å². The Bertz CT molecular complexity index is 452. The molecule has 0 saturated heterocycles. The summed E-state index contributed by atoms with van der Waals surface area (Å²) < 4.78 is 2.21. The second-order valence-corrected chi connectivity index (χ2v) is 4.76. The number of benzene rings is 1. The van der Waals surface area contributed by atoms with Crippen LogP contribution in [0.5, 0.6) is 0 Å². The highest BCUT2D eigenvalue weighted by molar-refractivity contribution is 14.1.